The smallest absolute Gasteiger partial charge is 0.142 e. The third-order valence-corrected chi connectivity index (χ3v) is 2.61. The molecular weight excluding hydrogens is 222 g/mol. The number of benzene rings is 2. The molecule has 1 radical (unpaired) electrons. The SMILES string of the molecule is CC/[C]=N/OCc1ccccc1-c1ccccc1. The molecule has 0 amide bonds. The van der Waals surface area contributed by atoms with Crippen molar-refractivity contribution in [2.75, 3.05) is 0 Å². The summed E-state index contributed by atoms with van der Waals surface area (Å²) in [5.41, 5.74) is 3.51. The molecule has 0 spiro atoms. The second-order valence-corrected chi connectivity index (χ2v) is 3.90. The molecule has 0 unspecified atom stereocenters. The fourth-order valence-corrected chi connectivity index (χ4v) is 1.76. The molecule has 0 aliphatic heterocycles. The van der Waals surface area contributed by atoms with Crippen LogP contribution in [0.1, 0.15) is 18.9 Å². The van der Waals surface area contributed by atoms with Crippen LogP contribution in [-0.4, -0.2) is 6.21 Å². The summed E-state index contributed by atoms with van der Waals surface area (Å²) < 4.78 is 0. The van der Waals surface area contributed by atoms with Crippen LogP contribution in [0.15, 0.2) is 59.8 Å². The van der Waals surface area contributed by atoms with Crippen LogP contribution in [-0.2, 0) is 11.4 Å². The van der Waals surface area contributed by atoms with E-state index in [2.05, 4.69) is 35.6 Å². The molecule has 2 heteroatoms. The number of rotatable bonds is 5. The van der Waals surface area contributed by atoms with Crippen molar-refractivity contribution in [3.05, 3.63) is 60.2 Å². The number of nitrogens with zero attached hydrogens (tertiary/aromatic N) is 1. The average Bonchev–Trinajstić information content (AvgIpc) is 2.45. The maximum atomic E-state index is 5.24. The Bertz CT molecular complexity index is 506. The molecule has 18 heavy (non-hydrogen) atoms. The van der Waals surface area contributed by atoms with E-state index in [4.69, 9.17) is 4.84 Å². The molecule has 2 rings (SSSR count). The van der Waals surface area contributed by atoms with Crippen LogP contribution in [0.25, 0.3) is 11.1 Å². The Morgan fingerprint density at radius 1 is 1.00 bits per heavy atom. The fraction of sp³-hybridized carbons (Fsp3) is 0.188. The van der Waals surface area contributed by atoms with E-state index >= 15 is 0 Å². The van der Waals surface area contributed by atoms with Gasteiger partial charge in [0, 0.05) is 0 Å². The van der Waals surface area contributed by atoms with E-state index < -0.39 is 0 Å². The van der Waals surface area contributed by atoms with Crippen LogP contribution < -0.4 is 0 Å². The molecule has 0 aromatic heterocycles. The van der Waals surface area contributed by atoms with Crippen molar-refractivity contribution >= 4 is 6.21 Å². The lowest BCUT2D eigenvalue weighted by Crippen LogP contribution is -1.91. The summed E-state index contributed by atoms with van der Waals surface area (Å²) in [7, 11) is 0. The van der Waals surface area contributed by atoms with Crippen LogP contribution in [0.2, 0.25) is 0 Å². The number of hydrogen-bond acceptors (Lipinski definition) is 2. The van der Waals surface area contributed by atoms with Crippen LogP contribution in [0, 0.1) is 0 Å². The Kier molecular flexibility index (Phi) is 4.53. The van der Waals surface area contributed by atoms with Gasteiger partial charge < -0.3 is 4.84 Å². The highest BCUT2D eigenvalue weighted by Gasteiger charge is 2.03. The zero-order valence-corrected chi connectivity index (χ0v) is 10.5. The van der Waals surface area contributed by atoms with Gasteiger partial charge in [-0.05, 0) is 23.1 Å². The third kappa shape index (κ3) is 3.20. The van der Waals surface area contributed by atoms with Gasteiger partial charge in [-0.15, -0.1) is 0 Å². The highest BCUT2D eigenvalue weighted by Crippen LogP contribution is 2.23. The normalized spacial score (nSPS) is 10.7. The van der Waals surface area contributed by atoms with E-state index in [-0.39, 0.29) is 0 Å². The Hall–Kier alpha value is -2.09. The molecular formula is C16H16NO. The first-order valence-electron chi connectivity index (χ1n) is 6.10. The van der Waals surface area contributed by atoms with E-state index in [1.54, 1.807) is 0 Å². The minimum absolute atomic E-state index is 0.470. The van der Waals surface area contributed by atoms with Gasteiger partial charge in [-0.2, -0.15) is 0 Å². The predicted molar refractivity (Wildman–Crippen MR) is 74.4 cm³/mol. The van der Waals surface area contributed by atoms with Gasteiger partial charge in [-0.25, -0.2) is 0 Å². The highest BCUT2D eigenvalue weighted by molar-refractivity contribution is 5.67. The lowest BCUT2D eigenvalue weighted by Gasteiger charge is -2.08. The third-order valence-electron chi connectivity index (χ3n) is 2.61. The van der Waals surface area contributed by atoms with Crippen molar-refractivity contribution in [3.8, 4) is 11.1 Å². The zero-order chi connectivity index (χ0) is 12.6. The topological polar surface area (TPSA) is 21.6 Å². The summed E-state index contributed by atoms with van der Waals surface area (Å²) in [6.07, 6.45) is 3.54. The molecule has 0 saturated carbocycles. The molecule has 91 valence electrons. The van der Waals surface area contributed by atoms with Gasteiger partial charge in [-0.3, -0.25) is 0 Å². The Morgan fingerprint density at radius 3 is 2.50 bits per heavy atom. The summed E-state index contributed by atoms with van der Waals surface area (Å²) in [5.74, 6) is 0. The molecule has 0 aliphatic carbocycles. The van der Waals surface area contributed by atoms with E-state index in [9.17, 15) is 0 Å². The summed E-state index contributed by atoms with van der Waals surface area (Å²) in [5, 5.41) is 3.77. The first-order valence-corrected chi connectivity index (χ1v) is 6.10. The van der Waals surface area contributed by atoms with Gasteiger partial charge in [0.25, 0.3) is 0 Å². The van der Waals surface area contributed by atoms with Crippen LogP contribution in [0.4, 0.5) is 0 Å². The van der Waals surface area contributed by atoms with Crippen molar-refractivity contribution < 1.29 is 4.84 Å². The van der Waals surface area contributed by atoms with Crippen molar-refractivity contribution in [1.29, 1.82) is 0 Å². The maximum absolute atomic E-state index is 5.24. The summed E-state index contributed by atoms with van der Waals surface area (Å²) in [4.78, 5) is 5.24. The van der Waals surface area contributed by atoms with E-state index in [0.29, 0.717) is 6.61 Å². The Morgan fingerprint density at radius 2 is 1.72 bits per heavy atom. The van der Waals surface area contributed by atoms with Crippen LogP contribution in [0.3, 0.4) is 0 Å². The molecule has 0 atom stereocenters. The quantitative estimate of drug-likeness (QED) is 0.566. The summed E-state index contributed by atoms with van der Waals surface area (Å²) >= 11 is 0. The standard InChI is InChI=1S/C16H16NO/c1-2-12-17-18-13-15-10-6-7-11-16(15)14-8-4-3-5-9-14/h3-11H,2,13H2,1H3. The molecule has 2 aromatic carbocycles. The molecule has 0 saturated heterocycles. The van der Waals surface area contributed by atoms with Crippen molar-refractivity contribution in [2.45, 2.75) is 20.0 Å². The van der Waals surface area contributed by atoms with Gasteiger partial charge in [-0.1, -0.05) is 66.7 Å². The second-order valence-electron chi connectivity index (χ2n) is 3.90. The van der Waals surface area contributed by atoms with Crippen LogP contribution >= 0.6 is 0 Å². The lowest BCUT2D eigenvalue weighted by atomic mass is 10.0. The van der Waals surface area contributed by atoms with E-state index in [0.717, 1.165) is 12.0 Å². The average molecular weight is 238 g/mol. The first-order chi connectivity index (χ1) is 8.92. The van der Waals surface area contributed by atoms with Crippen molar-refractivity contribution in [3.63, 3.8) is 0 Å². The predicted octanol–water partition coefficient (Wildman–Crippen LogP) is 4.14. The molecule has 0 fully saturated rings. The van der Waals surface area contributed by atoms with Crippen LogP contribution in [0.5, 0.6) is 0 Å². The second kappa shape index (κ2) is 6.60. The van der Waals surface area contributed by atoms with Crippen molar-refractivity contribution in [2.24, 2.45) is 5.16 Å². The van der Waals surface area contributed by atoms with E-state index in [1.807, 2.05) is 37.3 Å². The van der Waals surface area contributed by atoms with Gasteiger partial charge in [0.15, 0.2) is 0 Å². The molecule has 0 bridgehead atoms. The zero-order valence-electron chi connectivity index (χ0n) is 10.5. The lowest BCUT2D eigenvalue weighted by molar-refractivity contribution is 0.132. The minimum atomic E-state index is 0.470. The molecule has 0 N–H and O–H groups in total. The molecule has 2 aromatic rings. The highest BCUT2D eigenvalue weighted by atomic mass is 16.6. The summed E-state index contributed by atoms with van der Waals surface area (Å²) in [6.45, 7) is 2.45. The Balaban J connectivity index is 2.18. The largest absolute Gasteiger partial charge is 0.391 e. The van der Waals surface area contributed by atoms with Gasteiger partial charge in [0.2, 0.25) is 0 Å². The fourth-order valence-electron chi connectivity index (χ4n) is 1.76. The molecule has 0 heterocycles. The van der Waals surface area contributed by atoms with Gasteiger partial charge >= 0.3 is 0 Å². The van der Waals surface area contributed by atoms with Gasteiger partial charge in [0.05, 0.1) is 0 Å². The Labute approximate surface area is 108 Å². The van der Waals surface area contributed by atoms with Gasteiger partial charge in [0.1, 0.15) is 12.8 Å². The number of hydrogen-bond donors (Lipinski definition) is 0. The molecule has 2 nitrogen and oxygen atoms in total. The van der Waals surface area contributed by atoms with Crippen molar-refractivity contribution in [1.82, 2.24) is 0 Å². The first kappa shape index (κ1) is 12.4. The molecule has 0 aliphatic rings. The summed E-state index contributed by atoms with van der Waals surface area (Å²) in [6, 6.07) is 18.5. The monoisotopic (exact) mass is 238 g/mol. The maximum Gasteiger partial charge on any atom is 0.142 e. The van der Waals surface area contributed by atoms with E-state index in [1.165, 1.54) is 11.1 Å². The minimum Gasteiger partial charge on any atom is -0.391 e.